The fourth-order valence-corrected chi connectivity index (χ4v) is 1.78. The summed E-state index contributed by atoms with van der Waals surface area (Å²) in [6.07, 6.45) is 4.64. The standard InChI is InChI=1S/C12H14N2/c1-4-11-9(3)8(2)10-5-6-13-7-12(10)14-11/h5-7H,4H2,1-3H3. The van der Waals surface area contributed by atoms with E-state index < -0.39 is 0 Å². The van der Waals surface area contributed by atoms with E-state index in [4.69, 9.17) is 0 Å². The van der Waals surface area contributed by atoms with Gasteiger partial charge >= 0.3 is 0 Å². The third kappa shape index (κ3) is 1.27. The zero-order chi connectivity index (χ0) is 10.1. The Hall–Kier alpha value is -1.44. The number of fused-ring (bicyclic) bond motifs is 1. The Balaban J connectivity index is 2.85. The first-order chi connectivity index (χ1) is 6.74. The van der Waals surface area contributed by atoms with Crippen molar-refractivity contribution in [1.82, 2.24) is 9.97 Å². The van der Waals surface area contributed by atoms with Gasteiger partial charge in [-0.2, -0.15) is 0 Å². The molecule has 0 bridgehead atoms. The lowest BCUT2D eigenvalue weighted by atomic mass is 10.0. The molecule has 0 aliphatic rings. The smallest absolute Gasteiger partial charge is 0.0891 e. The van der Waals surface area contributed by atoms with Crippen LogP contribution in [0.5, 0.6) is 0 Å². The molecule has 2 nitrogen and oxygen atoms in total. The van der Waals surface area contributed by atoms with E-state index in [-0.39, 0.29) is 0 Å². The molecule has 2 rings (SSSR count). The quantitative estimate of drug-likeness (QED) is 0.684. The number of rotatable bonds is 1. The zero-order valence-electron chi connectivity index (χ0n) is 8.83. The van der Waals surface area contributed by atoms with Gasteiger partial charge in [0.2, 0.25) is 0 Å². The van der Waals surface area contributed by atoms with Crippen LogP contribution < -0.4 is 0 Å². The monoisotopic (exact) mass is 186 g/mol. The molecule has 2 aromatic rings. The highest BCUT2D eigenvalue weighted by Crippen LogP contribution is 2.21. The van der Waals surface area contributed by atoms with Gasteiger partial charge in [0, 0.05) is 17.3 Å². The van der Waals surface area contributed by atoms with Gasteiger partial charge in [-0.3, -0.25) is 9.97 Å². The van der Waals surface area contributed by atoms with E-state index in [1.807, 2.05) is 18.5 Å². The zero-order valence-corrected chi connectivity index (χ0v) is 8.83. The van der Waals surface area contributed by atoms with E-state index in [0.717, 1.165) is 11.9 Å². The molecule has 0 aliphatic carbocycles. The molecule has 72 valence electrons. The average molecular weight is 186 g/mol. The summed E-state index contributed by atoms with van der Waals surface area (Å²) in [5.74, 6) is 0. The van der Waals surface area contributed by atoms with Gasteiger partial charge in [-0.05, 0) is 37.5 Å². The molecule has 2 aromatic heterocycles. The van der Waals surface area contributed by atoms with Gasteiger partial charge in [0.05, 0.1) is 11.7 Å². The van der Waals surface area contributed by atoms with E-state index in [0.29, 0.717) is 0 Å². The number of aromatic nitrogens is 2. The number of hydrogen-bond donors (Lipinski definition) is 0. The Morgan fingerprint density at radius 3 is 2.71 bits per heavy atom. The minimum Gasteiger partial charge on any atom is -0.262 e. The van der Waals surface area contributed by atoms with Gasteiger partial charge in [0.1, 0.15) is 0 Å². The first-order valence-electron chi connectivity index (χ1n) is 4.93. The van der Waals surface area contributed by atoms with Crippen molar-refractivity contribution in [2.75, 3.05) is 0 Å². The Morgan fingerprint density at radius 1 is 1.21 bits per heavy atom. The summed E-state index contributed by atoms with van der Waals surface area (Å²) in [5, 5.41) is 1.22. The fourth-order valence-electron chi connectivity index (χ4n) is 1.78. The summed E-state index contributed by atoms with van der Waals surface area (Å²) in [6.45, 7) is 6.43. The van der Waals surface area contributed by atoms with Gasteiger partial charge in [-0.15, -0.1) is 0 Å². The third-order valence-corrected chi connectivity index (χ3v) is 2.79. The predicted molar refractivity (Wildman–Crippen MR) is 58.4 cm³/mol. The molecule has 0 spiro atoms. The summed E-state index contributed by atoms with van der Waals surface area (Å²) in [7, 11) is 0. The van der Waals surface area contributed by atoms with Crippen LogP contribution in [0.3, 0.4) is 0 Å². The van der Waals surface area contributed by atoms with Crippen LogP contribution in [-0.4, -0.2) is 9.97 Å². The molecule has 0 N–H and O–H groups in total. The SMILES string of the molecule is CCc1nc2cnccc2c(C)c1C. The molecular formula is C12H14N2. The molecule has 2 heteroatoms. The summed E-state index contributed by atoms with van der Waals surface area (Å²) in [6, 6.07) is 2.03. The molecule has 0 atom stereocenters. The lowest BCUT2D eigenvalue weighted by Gasteiger charge is -2.09. The molecule has 0 unspecified atom stereocenters. The lowest BCUT2D eigenvalue weighted by molar-refractivity contribution is 1.02. The normalized spacial score (nSPS) is 10.8. The molecule has 0 aliphatic heterocycles. The van der Waals surface area contributed by atoms with Crippen LogP contribution in [0.25, 0.3) is 10.9 Å². The van der Waals surface area contributed by atoms with E-state index in [1.54, 1.807) is 0 Å². The van der Waals surface area contributed by atoms with E-state index >= 15 is 0 Å². The topological polar surface area (TPSA) is 25.8 Å². The Morgan fingerprint density at radius 2 is 2.00 bits per heavy atom. The second-order valence-electron chi connectivity index (χ2n) is 3.55. The van der Waals surface area contributed by atoms with Gasteiger partial charge < -0.3 is 0 Å². The van der Waals surface area contributed by atoms with Crippen molar-refractivity contribution in [2.24, 2.45) is 0 Å². The summed E-state index contributed by atoms with van der Waals surface area (Å²) in [4.78, 5) is 8.69. The van der Waals surface area contributed by atoms with Crippen molar-refractivity contribution in [3.05, 3.63) is 35.3 Å². The lowest BCUT2D eigenvalue weighted by Crippen LogP contribution is -1.97. The highest BCUT2D eigenvalue weighted by atomic mass is 14.7. The van der Waals surface area contributed by atoms with E-state index in [2.05, 4.69) is 30.7 Å². The van der Waals surface area contributed by atoms with Crippen LogP contribution in [-0.2, 0) is 6.42 Å². The van der Waals surface area contributed by atoms with Crippen LogP contribution in [0.15, 0.2) is 18.5 Å². The predicted octanol–water partition coefficient (Wildman–Crippen LogP) is 2.81. The molecule has 2 heterocycles. The van der Waals surface area contributed by atoms with Crippen LogP contribution in [0.1, 0.15) is 23.7 Å². The van der Waals surface area contributed by atoms with Crippen molar-refractivity contribution in [3.63, 3.8) is 0 Å². The molecule has 0 aromatic carbocycles. The number of pyridine rings is 2. The van der Waals surface area contributed by atoms with Crippen molar-refractivity contribution in [2.45, 2.75) is 27.2 Å². The van der Waals surface area contributed by atoms with Crippen LogP contribution >= 0.6 is 0 Å². The maximum atomic E-state index is 4.59. The van der Waals surface area contributed by atoms with E-state index in [9.17, 15) is 0 Å². The average Bonchev–Trinajstić information content (AvgIpc) is 2.23. The number of hydrogen-bond acceptors (Lipinski definition) is 2. The largest absolute Gasteiger partial charge is 0.262 e. The summed E-state index contributed by atoms with van der Waals surface area (Å²) < 4.78 is 0. The third-order valence-electron chi connectivity index (χ3n) is 2.79. The van der Waals surface area contributed by atoms with Crippen molar-refractivity contribution >= 4 is 10.9 Å². The second-order valence-corrected chi connectivity index (χ2v) is 3.55. The minimum absolute atomic E-state index is 0.984. The summed E-state index contributed by atoms with van der Waals surface area (Å²) >= 11 is 0. The maximum absolute atomic E-state index is 4.59. The van der Waals surface area contributed by atoms with Crippen LogP contribution in [0.4, 0.5) is 0 Å². The fraction of sp³-hybridized carbons (Fsp3) is 0.333. The van der Waals surface area contributed by atoms with E-state index in [1.165, 1.54) is 22.2 Å². The van der Waals surface area contributed by atoms with Gasteiger partial charge in [0.15, 0.2) is 0 Å². The Kier molecular flexibility index (Phi) is 2.20. The molecule has 0 saturated heterocycles. The van der Waals surface area contributed by atoms with Crippen molar-refractivity contribution < 1.29 is 0 Å². The summed E-state index contributed by atoms with van der Waals surface area (Å²) in [5.41, 5.74) is 4.83. The molecular weight excluding hydrogens is 172 g/mol. The van der Waals surface area contributed by atoms with Crippen LogP contribution in [0.2, 0.25) is 0 Å². The molecule has 0 fully saturated rings. The highest BCUT2D eigenvalue weighted by Gasteiger charge is 2.06. The Labute approximate surface area is 84.0 Å². The van der Waals surface area contributed by atoms with Crippen molar-refractivity contribution in [3.8, 4) is 0 Å². The Bertz CT molecular complexity index is 475. The number of aryl methyl sites for hydroxylation is 2. The maximum Gasteiger partial charge on any atom is 0.0891 e. The molecule has 0 saturated carbocycles. The first-order valence-corrected chi connectivity index (χ1v) is 4.93. The minimum atomic E-state index is 0.984. The van der Waals surface area contributed by atoms with Crippen molar-refractivity contribution in [1.29, 1.82) is 0 Å². The molecule has 14 heavy (non-hydrogen) atoms. The number of nitrogens with zero attached hydrogens (tertiary/aromatic N) is 2. The second kappa shape index (κ2) is 3.37. The van der Waals surface area contributed by atoms with Gasteiger partial charge in [0.25, 0.3) is 0 Å². The van der Waals surface area contributed by atoms with Gasteiger partial charge in [-0.1, -0.05) is 6.92 Å². The van der Waals surface area contributed by atoms with Crippen LogP contribution in [0, 0.1) is 13.8 Å². The molecule has 0 radical (unpaired) electrons. The first kappa shape index (κ1) is 9.13. The highest BCUT2D eigenvalue weighted by molar-refractivity contribution is 5.82. The van der Waals surface area contributed by atoms with Gasteiger partial charge in [-0.25, -0.2) is 0 Å². The molecule has 0 amide bonds.